The van der Waals surface area contributed by atoms with Gasteiger partial charge in [-0.2, -0.15) is 0 Å². The molecule has 31 heavy (non-hydrogen) atoms. The van der Waals surface area contributed by atoms with E-state index >= 15 is 0 Å². The lowest BCUT2D eigenvalue weighted by Crippen LogP contribution is -2.46. The first-order chi connectivity index (χ1) is 14.4. The van der Waals surface area contributed by atoms with Crippen molar-refractivity contribution in [3.8, 4) is 5.75 Å². The molecule has 0 N–H and O–H groups in total. The van der Waals surface area contributed by atoms with Crippen molar-refractivity contribution in [1.29, 1.82) is 0 Å². The number of ether oxygens (including phenoxy) is 2. The van der Waals surface area contributed by atoms with Gasteiger partial charge in [0.05, 0.1) is 31.4 Å². The molecule has 0 unspecified atom stereocenters. The van der Waals surface area contributed by atoms with Crippen LogP contribution in [-0.2, 0) is 4.74 Å². The molecule has 168 valence electrons. The number of aliphatic imine (C=N–C) groups is 1. The topological polar surface area (TPSA) is 71.0 Å². The number of hydrogen-bond donors (Lipinski definition) is 0. The number of nitrogens with zero attached hydrogens (tertiary/aromatic N) is 2. The van der Waals surface area contributed by atoms with Gasteiger partial charge in [0.2, 0.25) is 0 Å². The summed E-state index contributed by atoms with van der Waals surface area (Å²) >= 11 is 0. The highest BCUT2D eigenvalue weighted by molar-refractivity contribution is 8.93. The Balaban J connectivity index is 0.00000480. The average molecular weight is 491 g/mol. The first kappa shape index (κ1) is 26.4. The summed E-state index contributed by atoms with van der Waals surface area (Å²) in [5.74, 6) is -0.341. The number of quaternary nitrogens is 1. The molecule has 7 heteroatoms. The van der Waals surface area contributed by atoms with E-state index in [1.54, 1.807) is 54.6 Å². The summed E-state index contributed by atoms with van der Waals surface area (Å²) in [6.45, 7) is 11.3. The van der Waals surface area contributed by atoms with E-state index in [2.05, 4.69) is 32.5 Å². The first-order valence-electron chi connectivity index (χ1n) is 10.1. The third-order valence-corrected chi connectivity index (χ3v) is 5.20. The predicted molar refractivity (Wildman–Crippen MR) is 128 cm³/mol. The van der Waals surface area contributed by atoms with E-state index < -0.39 is 5.90 Å². The maximum absolute atomic E-state index is 12.5. The molecule has 2 aromatic carbocycles. The third kappa shape index (κ3) is 7.84. The Hall–Kier alpha value is -2.64. The van der Waals surface area contributed by atoms with Crippen LogP contribution >= 0.6 is 17.0 Å². The lowest BCUT2D eigenvalue weighted by atomic mass is 10.2. The van der Waals surface area contributed by atoms with Gasteiger partial charge in [0, 0.05) is 5.56 Å². The zero-order valence-corrected chi connectivity index (χ0v) is 20.1. The second-order valence-corrected chi connectivity index (χ2v) is 7.17. The monoisotopic (exact) mass is 490 g/mol. The highest BCUT2D eigenvalue weighted by Gasteiger charge is 2.17. The second kappa shape index (κ2) is 12.9. The quantitative estimate of drug-likeness (QED) is 0.157. The highest BCUT2D eigenvalue weighted by atomic mass is 79.9. The van der Waals surface area contributed by atoms with Gasteiger partial charge in [0.25, 0.3) is 0 Å². The summed E-state index contributed by atoms with van der Waals surface area (Å²) in [5, 5.41) is 12.5. The molecule has 0 aliphatic heterocycles. The fourth-order valence-electron chi connectivity index (χ4n) is 2.75. The second-order valence-electron chi connectivity index (χ2n) is 7.17. The fourth-order valence-corrected chi connectivity index (χ4v) is 2.75. The van der Waals surface area contributed by atoms with Gasteiger partial charge < -0.3 is 19.1 Å². The smallest absolute Gasteiger partial charge is 0.338 e. The first-order valence-corrected chi connectivity index (χ1v) is 10.1. The molecule has 0 spiro atoms. The van der Waals surface area contributed by atoms with Crippen LogP contribution in [0.1, 0.15) is 29.8 Å². The number of benzene rings is 2. The van der Waals surface area contributed by atoms with Gasteiger partial charge in [-0.3, -0.25) is 4.99 Å². The number of esters is 1. The van der Waals surface area contributed by atoms with Gasteiger partial charge in [0.15, 0.2) is 0 Å². The van der Waals surface area contributed by atoms with E-state index in [0.717, 1.165) is 24.1 Å². The van der Waals surface area contributed by atoms with Gasteiger partial charge in [-0.05, 0) is 50.1 Å². The number of hydrogen-bond acceptors (Lipinski definition) is 5. The van der Waals surface area contributed by atoms with E-state index in [1.165, 1.54) is 0 Å². The fraction of sp³-hybridized carbons (Fsp3) is 0.333. The minimum atomic E-state index is -0.416. The van der Waals surface area contributed by atoms with Crippen LogP contribution in [0.3, 0.4) is 0 Å². The van der Waals surface area contributed by atoms with Crippen LogP contribution in [0, 0.1) is 0 Å². The van der Waals surface area contributed by atoms with Crippen LogP contribution in [-0.4, -0.2) is 56.2 Å². The molecular formula is C24H31BrN2O4. The zero-order valence-electron chi connectivity index (χ0n) is 18.4. The predicted octanol–water partition coefficient (Wildman–Crippen LogP) is 3.91. The van der Waals surface area contributed by atoms with Gasteiger partial charge >= 0.3 is 5.97 Å². The molecule has 2 rings (SSSR count). The van der Waals surface area contributed by atoms with Crippen molar-refractivity contribution in [2.45, 2.75) is 13.8 Å². The standard InChI is InChI=1S/C24H30N2O4.BrH/c1-5-17-29-22-11-9-8-10-21(22)23(27)25-20-14-12-19(13-15-20)24(28)30-18-16-26(4,6-2)7-3;/h5,8-15H,1,6-7,16-18H2,2-4H3;1H. The largest absolute Gasteiger partial charge is 0.858 e. The normalized spacial score (nSPS) is 11.4. The Kier molecular flexibility index (Phi) is 11.0. The Labute approximate surface area is 195 Å². The van der Waals surface area contributed by atoms with E-state index in [1.807, 2.05) is 0 Å². The number of halogens is 1. The van der Waals surface area contributed by atoms with Crippen molar-refractivity contribution in [1.82, 2.24) is 0 Å². The summed E-state index contributed by atoms with van der Waals surface area (Å²) in [6.07, 6.45) is 1.61. The molecule has 0 saturated heterocycles. The van der Waals surface area contributed by atoms with Crippen molar-refractivity contribution in [3.05, 3.63) is 72.3 Å². The summed E-state index contributed by atoms with van der Waals surface area (Å²) in [5.41, 5.74) is 1.26. The Morgan fingerprint density at radius 2 is 1.77 bits per heavy atom. The van der Waals surface area contributed by atoms with Crippen LogP contribution in [0.15, 0.2) is 66.2 Å². The number of carbonyl (C=O) groups excluding carboxylic acids is 1. The number of likely N-dealkylation sites (N-methyl/N-ethyl adjacent to an activating group) is 1. The van der Waals surface area contributed by atoms with Crippen molar-refractivity contribution in [2.24, 2.45) is 4.99 Å². The minimum absolute atomic E-state index is 0. The van der Waals surface area contributed by atoms with Gasteiger partial charge in [-0.25, -0.2) is 4.79 Å². The third-order valence-electron chi connectivity index (χ3n) is 5.20. The molecule has 0 aliphatic carbocycles. The number of carbonyl (C=O) groups is 1. The van der Waals surface area contributed by atoms with E-state index in [0.29, 0.717) is 35.8 Å². The Bertz CT molecular complexity index is 877. The van der Waals surface area contributed by atoms with Gasteiger partial charge in [0.1, 0.15) is 25.5 Å². The summed E-state index contributed by atoms with van der Waals surface area (Å²) < 4.78 is 11.8. The van der Waals surface area contributed by atoms with Crippen LogP contribution < -0.4 is 9.84 Å². The Morgan fingerprint density at radius 3 is 2.39 bits per heavy atom. The van der Waals surface area contributed by atoms with E-state index in [4.69, 9.17) is 9.47 Å². The Morgan fingerprint density at radius 1 is 1.13 bits per heavy atom. The number of para-hydroxylation sites is 1. The maximum atomic E-state index is 12.5. The van der Waals surface area contributed by atoms with Crippen molar-refractivity contribution >= 4 is 34.5 Å². The molecular weight excluding hydrogens is 460 g/mol. The van der Waals surface area contributed by atoms with Crippen LogP contribution in [0.5, 0.6) is 5.75 Å². The molecule has 6 nitrogen and oxygen atoms in total. The lowest BCUT2D eigenvalue weighted by molar-refractivity contribution is -0.906. The summed E-state index contributed by atoms with van der Waals surface area (Å²) in [7, 11) is 2.14. The van der Waals surface area contributed by atoms with Crippen LogP contribution in [0.25, 0.3) is 0 Å². The molecule has 0 radical (unpaired) electrons. The van der Waals surface area contributed by atoms with Gasteiger partial charge in [-0.1, -0.05) is 30.9 Å². The maximum Gasteiger partial charge on any atom is 0.338 e. The number of rotatable bonds is 11. The molecule has 0 saturated carbocycles. The van der Waals surface area contributed by atoms with Crippen molar-refractivity contribution < 1.29 is 23.9 Å². The molecule has 0 bridgehead atoms. The lowest BCUT2D eigenvalue weighted by Gasteiger charge is -2.31. The molecule has 0 amide bonds. The SMILES string of the molecule is Br.C=CCOc1ccccc1C([O-])=Nc1ccc(C(=O)OCC[N+](C)(CC)CC)cc1. The average Bonchev–Trinajstić information content (AvgIpc) is 2.78. The molecule has 2 aromatic rings. The van der Waals surface area contributed by atoms with Crippen LogP contribution in [0.2, 0.25) is 0 Å². The summed E-state index contributed by atoms with van der Waals surface area (Å²) in [4.78, 5) is 16.4. The van der Waals surface area contributed by atoms with Gasteiger partial charge in [-0.15, -0.1) is 17.0 Å². The highest BCUT2D eigenvalue weighted by Crippen LogP contribution is 2.20. The van der Waals surface area contributed by atoms with Crippen molar-refractivity contribution in [2.75, 3.05) is 39.9 Å². The van der Waals surface area contributed by atoms with E-state index in [-0.39, 0.29) is 23.0 Å². The zero-order chi connectivity index (χ0) is 22.0. The summed E-state index contributed by atoms with van der Waals surface area (Å²) in [6, 6.07) is 13.4. The molecule has 0 aliphatic rings. The molecule has 0 atom stereocenters. The minimum Gasteiger partial charge on any atom is -0.858 e. The molecule has 0 aromatic heterocycles. The van der Waals surface area contributed by atoms with E-state index in [9.17, 15) is 9.90 Å². The van der Waals surface area contributed by atoms with Crippen molar-refractivity contribution in [3.63, 3.8) is 0 Å². The molecule has 0 heterocycles. The molecule has 0 fully saturated rings. The van der Waals surface area contributed by atoms with Crippen LogP contribution in [0.4, 0.5) is 5.69 Å².